The van der Waals surface area contributed by atoms with Gasteiger partial charge in [-0.1, -0.05) is 28.8 Å². The summed E-state index contributed by atoms with van der Waals surface area (Å²) in [4.78, 5) is 16.5. The molecule has 1 aliphatic carbocycles. The molecule has 5 heteroatoms. The van der Waals surface area contributed by atoms with E-state index in [9.17, 15) is 4.79 Å². The summed E-state index contributed by atoms with van der Waals surface area (Å²) in [5, 5.41) is 6.32. The van der Waals surface area contributed by atoms with Crippen molar-refractivity contribution in [2.45, 2.75) is 38.6 Å². The topological polar surface area (TPSA) is 54.0 Å². The molecule has 1 amide bonds. The number of benzene rings is 1. The number of pyridine rings is 1. The van der Waals surface area contributed by atoms with Crippen LogP contribution in [0.15, 0.2) is 41.0 Å². The first-order valence-electron chi connectivity index (χ1n) is 7.92. The normalized spacial score (nSPS) is 14.7. The summed E-state index contributed by atoms with van der Waals surface area (Å²) in [5.41, 5.74) is 2.73. The molecule has 2 aromatic rings. The van der Waals surface area contributed by atoms with Gasteiger partial charge in [0.1, 0.15) is 5.82 Å². The molecule has 0 spiro atoms. The molecule has 1 heterocycles. The molecular weight excluding hydrogens is 354 g/mol. The van der Waals surface area contributed by atoms with Crippen LogP contribution in [-0.4, -0.2) is 16.9 Å². The van der Waals surface area contributed by atoms with Crippen molar-refractivity contribution < 1.29 is 4.79 Å². The van der Waals surface area contributed by atoms with E-state index < -0.39 is 0 Å². The number of hydrogen-bond acceptors (Lipinski definition) is 3. The van der Waals surface area contributed by atoms with Gasteiger partial charge in [-0.2, -0.15) is 0 Å². The standard InChI is InChI=1S/C18H20BrN3O/c1-12-10-15(7-8-16(12)19)21-17-9-6-13(11-20-17)18(23)22-14-4-2-3-5-14/h6-11,14H,2-5H2,1H3,(H,20,21)(H,22,23). The molecule has 1 saturated carbocycles. The van der Waals surface area contributed by atoms with Gasteiger partial charge in [-0.05, 0) is 55.7 Å². The van der Waals surface area contributed by atoms with E-state index in [4.69, 9.17) is 0 Å². The molecule has 3 rings (SSSR count). The first kappa shape index (κ1) is 16.0. The predicted octanol–water partition coefficient (Wildman–Crippen LogP) is 4.57. The maximum absolute atomic E-state index is 12.2. The zero-order chi connectivity index (χ0) is 16.2. The number of halogens is 1. The van der Waals surface area contributed by atoms with Crippen LogP contribution in [0.3, 0.4) is 0 Å². The first-order chi connectivity index (χ1) is 11.1. The summed E-state index contributed by atoms with van der Waals surface area (Å²) >= 11 is 3.49. The summed E-state index contributed by atoms with van der Waals surface area (Å²) in [6.45, 7) is 2.04. The van der Waals surface area contributed by atoms with Gasteiger partial charge in [-0.25, -0.2) is 4.98 Å². The molecular formula is C18H20BrN3O. The highest BCUT2D eigenvalue weighted by atomic mass is 79.9. The first-order valence-corrected chi connectivity index (χ1v) is 8.71. The van der Waals surface area contributed by atoms with Crippen LogP contribution < -0.4 is 10.6 Å². The fourth-order valence-corrected chi connectivity index (χ4v) is 3.06. The van der Waals surface area contributed by atoms with Gasteiger partial charge in [0.2, 0.25) is 0 Å². The Morgan fingerprint density at radius 2 is 2.00 bits per heavy atom. The monoisotopic (exact) mass is 373 g/mol. The Kier molecular flexibility index (Phi) is 4.96. The largest absolute Gasteiger partial charge is 0.349 e. The Bertz CT molecular complexity index is 694. The van der Waals surface area contributed by atoms with Crippen molar-refractivity contribution in [2.24, 2.45) is 0 Å². The quantitative estimate of drug-likeness (QED) is 0.825. The summed E-state index contributed by atoms with van der Waals surface area (Å²) in [5.74, 6) is 0.694. The van der Waals surface area contributed by atoms with Crippen LogP contribution in [0.4, 0.5) is 11.5 Å². The second kappa shape index (κ2) is 7.13. The highest BCUT2D eigenvalue weighted by Gasteiger charge is 2.18. The Morgan fingerprint density at radius 1 is 1.22 bits per heavy atom. The lowest BCUT2D eigenvalue weighted by molar-refractivity contribution is 0.0937. The van der Waals surface area contributed by atoms with Gasteiger partial charge in [0.25, 0.3) is 5.91 Å². The van der Waals surface area contributed by atoms with E-state index in [0.717, 1.165) is 34.4 Å². The van der Waals surface area contributed by atoms with Gasteiger partial charge in [-0.15, -0.1) is 0 Å². The second-order valence-corrected chi connectivity index (χ2v) is 6.83. The van der Waals surface area contributed by atoms with Crippen LogP contribution in [0, 0.1) is 6.92 Å². The number of rotatable bonds is 4. The molecule has 1 fully saturated rings. The fourth-order valence-electron chi connectivity index (χ4n) is 2.81. The van der Waals surface area contributed by atoms with E-state index in [1.807, 2.05) is 37.3 Å². The van der Waals surface area contributed by atoms with Crippen molar-refractivity contribution in [3.8, 4) is 0 Å². The highest BCUT2D eigenvalue weighted by Crippen LogP contribution is 2.22. The van der Waals surface area contributed by atoms with Crippen molar-refractivity contribution in [2.75, 3.05) is 5.32 Å². The van der Waals surface area contributed by atoms with Gasteiger partial charge in [0.15, 0.2) is 0 Å². The van der Waals surface area contributed by atoms with Crippen molar-refractivity contribution >= 4 is 33.3 Å². The van der Waals surface area contributed by atoms with E-state index in [1.165, 1.54) is 12.8 Å². The van der Waals surface area contributed by atoms with E-state index >= 15 is 0 Å². The molecule has 0 unspecified atom stereocenters. The van der Waals surface area contributed by atoms with Crippen LogP contribution in [-0.2, 0) is 0 Å². The van der Waals surface area contributed by atoms with Gasteiger partial charge >= 0.3 is 0 Å². The van der Waals surface area contributed by atoms with Gasteiger partial charge in [0.05, 0.1) is 5.56 Å². The van der Waals surface area contributed by atoms with Crippen LogP contribution in [0.5, 0.6) is 0 Å². The molecule has 0 aliphatic heterocycles. The van der Waals surface area contributed by atoms with Gasteiger partial charge in [0, 0.05) is 22.4 Å². The third kappa shape index (κ3) is 4.10. The van der Waals surface area contributed by atoms with Crippen molar-refractivity contribution in [1.29, 1.82) is 0 Å². The van der Waals surface area contributed by atoms with E-state index in [0.29, 0.717) is 11.6 Å². The number of nitrogens with zero attached hydrogens (tertiary/aromatic N) is 1. The van der Waals surface area contributed by atoms with Crippen molar-refractivity contribution in [3.63, 3.8) is 0 Å². The lowest BCUT2D eigenvalue weighted by Crippen LogP contribution is -2.32. The fraction of sp³-hybridized carbons (Fsp3) is 0.333. The van der Waals surface area contributed by atoms with Crippen LogP contribution in [0.2, 0.25) is 0 Å². The third-order valence-corrected chi connectivity index (χ3v) is 5.04. The minimum atomic E-state index is -0.0320. The van der Waals surface area contributed by atoms with Crippen LogP contribution in [0.25, 0.3) is 0 Å². The van der Waals surface area contributed by atoms with E-state index in [2.05, 4.69) is 31.5 Å². The molecule has 0 radical (unpaired) electrons. The molecule has 4 nitrogen and oxygen atoms in total. The minimum absolute atomic E-state index is 0.0320. The second-order valence-electron chi connectivity index (χ2n) is 5.98. The Balaban J connectivity index is 1.64. The van der Waals surface area contributed by atoms with Gasteiger partial charge < -0.3 is 10.6 Å². The van der Waals surface area contributed by atoms with Crippen molar-refractivity contribution in [1.82, 2.24) is 10.3 Å². The number of aromatic nitrogens is 1. The van der Waals surface area contributed by atoms with Crippen molar-refractivity contribution in [3.05, 3.63) is 52.1 Å². The Hall–Kier alpha value is -1.88. The number of nitrogens with one attached hydrogen (secondary N) is 2. The van der Waals surface area contributed by atoms with Crippen LogP contribution >= 0.6 is 15.9 Å². The molecule has 0 atom stereocenters. The molecule has 1 aliphatic rings. The Labute approximate surface area is 144 Å². The number of hydrogen-bond donors (Lipinski definition) is 2. The van der Waals surface area contributed by atoms with E-state index in [1.54, 1.807) is 6.20 Å². The summed E-state index contributed by atoms with van der Waals surface area (Å²) in [6, 6.07) is 10.0. The molecule has 1 aromatic carbocycles. The molecule has 0 saturated heterocycles. The summed E-state index contributed by atoms with van der Waals surface area (Å²) in [6.07, 6.45) is 6.21. The lowest BCUT2D eigenvalue weighted by atomic mass is 10.2. The van der Waals surface area contributed by atoms with E-state index in [-0.39, 0.29) is 5.91 Å². The maximum Gasteiger partial charge on any atom is 0.253 e. The Morgan fingerprint density at radius 3 is 2.65 bits per heavy atom. The number of aryl methyl sites for hydroxylation is 1. The maximum atomic E-state index is 12.2. The van der Waals surface area contributed by atoms with Crippen LogP contribution in [0.1, 0.15) is 41.6 Å². The number of carbonyl (C=O) groups is 1. The molecule has 0 bridgehead atoms. The summed E-state index contributed by atoms with van der Waals surface area (Å²) < 4.78 is 1.08. The lowest BCUT2D eigenvalue weighted by Gasteiger charge is -2.12. The molecule has 23 heavy (non-hydrogen) atoms. The summed E-state index contributed by atoms with van der Waals surface area (Å²) in [7, 11) is 0. The average molecular weight is 374 g/mol. The average Bonchev–Trinajstić information content (AvgIpc) is 3.04. The smallest absolute Gasteiger partial charge is 0.253 e. The number of carbonyl (C=O) groups excluding carboxylic acids is 1. The zero-order valence-electron chi connectivity index (χ0n) is 13.1. The molecule has 120 valence electrons. The molecule has 1 aromatic heterocycles. The highest BCUT2D eigenvalue weighted by molar-refractivity contribution is 9.10. The number of anilines is 2. The minimum Gasteiger partial charge on any atom is -0.349 e. The third-order valence-electron chi connectivity index (χ3n) is 4.15. The zero-order valence-corrected chi connectivity index (χ0v) is 14.7. The number of amides is 1. The SMILES string of the molecule is Cc1cc(Nc2ccc(C(=O)NC3CCCC3)cn2)ccc1Br. The predicted molar refractivity (Wildman–Crippen MR) is 96.1 cm³/mol. The molecule has 2 N–H and O–H groups in total. The van der Waals surface area contributed by atoms with Gasteiger partial charge in [-0.3, -0.25) is 4.79 Å².